The molecule has 2 aromatic rings. The fraction of sp³-hybridized carbons (Fsp3) is 0.389. The molecular formula is C18H22N2O. The first-order valence-electron chi connectivity index (χ1n) is 7.69. The molecule has 0 aromatic heterocycles. The van der Waals surface area contributed by atoms with Crippen LogP contribution in [0.4, 0.5) is 0 Å². The van der Waals surface area contributed by atoms with Gasteiger partial charge in [-0.3, -0.25) is 4.79 Å². The zero-order chi connectivity index (χ0) is 14.8. The van der Waals surface area contributed by atoms with E-state index in [0.717, 1.165) is 25.8 Å². The Morgan fingerprint density at radius 1 is 1.29 bits per heavy atom. The number of hydrogen-bond acceptors (Lipinski definition) is 2. The molecule has 1 saturated heterocycles. The molecule has 1 aliphatic heterocycles. The highest BCUT2D eigenvalue weighted by Crippen LogP contribution is 2.24. The molecule has 1 heterocycles. The van der Waals surface area contributed by atoms with Crippen LogP contribution in [0.1, 0.15) is 25.3 Å². The molecule has 3 nitrogen and oxygen atoms in total. The van der Waals surface area contributed by atoms with Crippen molar-refractivity contribution in [3.63, 3.8) is 0 Å². The molecule has 110 valence electrons. The maximum atomic E-state index is 12.2. The zero-order valence-electron chi connectivity index (χ0n) is 12.5. The summed E-state index contributed by atoms with van der Waals surface area (Å²) in [6.07, 6.45) is 3.07. The summed E-state index contributed by atoms with van der Waals surface area (Å²) < 4.78 is 0. The van der Waals surface area contributed by atoms with Crippen molar-refractivity contribution in [1.82, 2.24) is 4.90 Å². The van der Waals surface area contributed by atoms with E-state index in [2.05, 4.69) is 42.5 Å². The first-order valence-corrected chi connectivity index (χ1v) is 7.69. The summed E-state index contributed by atoms with van der Waals surface area (Å²) in [5, 5.41) is 2.52. The van der Waals surface area contributed by atoms with E-state index < -0.39 is 6.04 Å². The molecule has 0 unspecified atom stereocenters. The summed E-state index contributed by atoms with van der Waals surface area (Å²) in [6.45, 7) is 2.62. The third-order valence-electron chi connectivity index (χ3n) is 4.33. The van der Waals surface area contributed by atoms with Crippen LogP contribution < -0.4 is 5.73 Å². The Morgan fingerprint density at radius 2 is 2.05 bits per heavy atom. The first kappa shape index (κ1) is 14.1. The Kier molecular flexibility index (Phi) is 3.93. The Hall–Kier alpha value is -1.87. The van der Waals surface area contributed by atoms with Crippen molar-refractivity contribution in [3.8, 4) is 0 Å². The van der Waals surface area contributed by atoms with Gasteiger partial charge in [0.1, 0.15) is 0 Å². The monoisotopic (exact) mass is 282 g/mol. The maximum absolute atomic E-state index is 12.2. The van der Waals surface area contributed by atoms with Gasteiger partial charge in [0, 0.05) is 12.6 Å². The smallest absolute Gasteiger partial charge is 0.239 e. The van der Waals surface area contributed by atoms with Crippen LogP contribution >= 0.6 is 0 Å². The summed E-state index contributed by atoms with van der Waals surface area (Å²) in [5.74, 6) is 0.0817. The number of carbonyl (C=O) groups is 1. The van der Waals surface area contributed by atoms with Crippen LogP contribution in [0.5, 0.6) is 0 Å². The Morgan fingerprint density at radius 3 is 2.81 bits per heavy atom. The molecule has 3 rings (SSSR count). The van der Waals surface area contributed by atoms with Gasteiger partial charge in [0.15, 0.2) is 0 Å². The summed E-state index contributed by atoms with van der Waals surface area (Å²) in [4.78, 5) is 14.1. The fourth-order valence-corrected chi connectivity index (χ4v) is 3.24. The number of rotatable bonds is 3. The minimum atomic E-state index is -0.401. The van der Waals surface area contributed by atoms with E-state index in [0.29, 0.717) is 6.04 Å². The molecule has 0 bridgehead atoms. The SMILES string of the molecule is C[C@H](N)C(=O)N1CCC[C@@H]1Cc1ccc2ccccc2c1. The Bertz CT molecular complexity index is 650. The molecule has 1 fully saturated rings. The van der Waals surface area contributed by atoms with E-state index >= 15 is 0 Å². The average Bonchev–Trinajstić information content (AvgIpc) is 2.94. The second kappa shape index (κ2) is 5.86. The van der Waals surface area contributed by atoms with E-state index in [1.807, 2.05) is 4.90 Å². The van der Waals surface area contributed by atoms with Gasteiger partial charge in [-0.15, -0.1) is 0 Å². The van der Waals surface area contributed by atoms with E-state index in [9.17, 15) is 4.79 Å². The second-order valence-electron chi connectivity index (χ2n) is 6.00. The number of benzene rings is 2. The zero-order valence-corrected chi connectivity index (χ0v) is 12.5. The topological polar surface area (TPSA) is 46.3 Å². The molecular weight excluding hydrogens is 260 g/mol. The van der Waals surface area contributed by atoms with Gasteiger partial charge < -0.3 is 10.6 Å². The van der Waals surface area contributed by atoms with Gasteiger partial charge in [-0.25, -0.2) is 0 Å². The molecule has 0 saturated carbocycles. The maximum Gasteiger partial charge on any atom is 0.239 e. The van der Waals surface area contributed by atoms with Crippen LogP contribution in [0, 0.1) is 0 Å². The molecule has 3 heteroatoms. The third-order valence-corrected chi connectivity index (χ3v) is 4.33. The second-order valence-corrected chi connectivity index (χ2v) is 6.00. The lowest BCUT2D eigenvalue weighted by molar-refractivity contribution is -0.132. The molecule has 1 aliphatic rings. The van der Waals surface area contributed by atoms with Crippen LogP contribution in [0.25, 0.3) is 10.8 Å². The number of nitrogens with two attached hydrogens (primary N) is 1. The van der Waals surface area contributed by atoms with Gasteiger partial charge >= 0.3 is 0 Å². The molecule has 0 radical (unpaired) electrons. The quantitative estimate of drug-likeness (QED) is 0.941. The lowest BCUT2D eigenvalue weighted by Crippen LogP contribution is -2.45. The van der Waals surface area contributed by atoms with Gasteiger partial charge in [0.05, 0.1) is 6.04 Å². The Labute approximate surface area is 125 Å². The average molecular weight is 282 g/mol. The van der Waals surface area contributed by atoms with Gasteiger partial charge in [-0.2, -0.15) is 0 Å². The molecule has 0 aliphatic carbocycles. The number of likely N-dealkylation sites (tertiary alicyclic amines) is 1. The number of hydrogen-bond donors (Lipinski definition) is 1. The number of fused-ring (bicyclic) bond motifs is 1. The van der Waals surface area contributed by atoms with Crippen LogP contribution in [-0.4, -0.2) is 29.4 Å². The summed E-state index contributed by atoms with van der Waals surface area (Å²) in [7, 11) is 0. The first-order chi connectivity index (χ1) is 10.1. The molecule has 1 amide bonds. The molecule has 2 aromatic carbocycles. The van der Waals surface area contributed by atoms with E-state index in [1.54, 1.807) is 6.92 Å². The predicted molar refractivity (Wildman–Crippen MR) is 86.0 cm³/mol. The number of carbonyl (C=O) groups excluding carboxylic acids is 1. The lowest BCUT2D eigenvalue weighted by Gasteiger charge is -2.26. The van der Waals surface area contributed by atoms with Crippen molar-refractivity contribution in [3.05, 3.63) is 48.0 Å². The standard InChI is InChI=1S/C18H22N2O/c1-13(19)18(21)20-10-4-7-17(20)12-14-8-9-15-5-2-3-6-16(15)11-14/h2-3,5-6,8-9,11,13,17H,4,7,10,12,19H2,1H3/t13-,17+/m0/s1. The normalized spacial score (nSPS) is 19.9. The van der Waals surface area contributed by atoms with Crippen molar-refractivity contribution in [1.29, 1.82) is 0 Å². The fourth-order valence-electron chi connectivity index (χ4n) is 3.24. The third kappa shape index (κ3) is 2.93. The minimum Gasteiger partial charge on any atom is -0.338 e. The van der Waals surface area contributed by atoms with Crippen LogP contribution in [0.3, 0.4) is 0 Å². The van der Waals surface area contributed by atoms with Gasteiger partial charge in [-0.1, -0.05) is 42.5 Å². The molecule has 2 atom stereocenters. The molecule has 0 spiro atoms. The van der Waals surface area contributed by atoms with E-state index in [4.69, 9.17) is 5.73 Å². The van der Waals surface area contributed by atoms with Crippen LogP contribution in [0.2, 0.25) is 0 Å². The van der Waals surface area contributed by atoms with Gasteiger partial charge in [-0.05, 0) is 42.5 Å². The van der Waals surface area contributed by atoms with E-state index in [1.165, 1.54) is 16.3 Å². The molecule has 2 N–H and O–H groups in total. The van der Waals surface area contributed by atoms with Crippen molar-refractivity contribution in [2.24, 2.45) is 5.73 Å². The van der Waals surface area contributed by atoms with Crippen molar-refractivity contribution in [2.45, 2.75) is 38.3 Å². The highest BCUT2D eigenvalue weighted by molar-refractivity contribution is 5.83. The predicted octanol–water partition coefficient (Wildman–Crippen LogP) is 2.72. The highest BCUT2D eigenvalue weighted by atomic mass is 16.2. The molecule has 21 heavy (non-hydrogen) atoms. The summed E-state index contributed by atoms with van der Waals surface area (Å²) in [5.41, 5.74) is 7.05. The van der Waals surface area contributed by atoms with Gasteiger partial charge in [0.2, 0.25) is 5.91 Å². The Balaban J connectivity index is 1.79. The van der Waals surface area contributed by atoms with E-state index in [-0.39, 0.29) is 5.91 Å². The van der Waals surface area contributed by atoms with Crippen LogP contribution in [-0.2, 0) is 11.2 Å². The van der Waals surface area contributed by atoms with Gasteiger partial charge in [0.25, 0.3) is 0 Å². The van der Waals surface area contributed by atoms with Crippen molar-refractivity contribution >= 4 is 16.7 Å². The summed E-state index contributed by atoms with van der Waals surface area (Å²) >= 11 is 0. The number of amides is 1. The van der Waals surface area contributed by atoms with Crippen molar-refractivity contribution in [2.75, 3.05) is 6.54 Å². The van der Waals surface area contributed by atoms with Crippen molar-refractivity contribution < 1.29 is 4.79 Å². The lowest BCUT2D eigenvalue weighted by atomic mass is 10.00. The minimum absolute atomic E-state index is 0.0817. The number of nitrogens with zero attached hydrogens (tertiary/aromatic N) is 1. The highest BCUT2D eigenvalue weighted by Gasteiger charge is 2.30. The largest absolute Gasteiger partial charge is 0.338 e. The summed E-state index contributed by atoms with van der Waals surface area (Å²) in [6, 6.07) is 14.9. The van der Waals surface area contributed by atoms with Crippen LogP contribution in [0.15, 0.2) is 42.5 Å².